The first-order valence-corrected chi connectivity index (χ1v) is 9.45. The van der Waals surface area contributed by atoms with Crippen LogP contribution in [0.5, 0.6) is 0 Å². The van der Waals surface area contributed by atoms with E-state index in [1.807, 2.05) is 4.90 Å². The lowest BCUT2D eigenvalue weighted by Crippen LogP contribution is -2.36. The van der Waals surface area contributed by atoms with Crippen LogP contribution < -0.4 is 10.6 Å². The summed E-state index contributed by atoms with van der Waals surface area (Å²) >= 11 is 1.37. The molecule has 0 atom stereocenters. The third-order valence-electron chi connectivity index (χ3n) is 4.02. The molecule has 28 heavy (non-hydrogen) atoms. The van der Waals surface area contributed by atoms with E-state index in [1.165, 1.54) is 35.6 Å². The van der Waals surface area contributed by atoms with Crippen molar-refractivity contribution in [1.82, 2.24) is 9.88 Å². The summed E-state index contributed by atoms with van der Waals surface area (Å²) < 4.78 is 4.84. The molecular formula is C17H19N5O5S. The van der Waals surface area contributed by atoms with Gasteiger partial charge in [0.1, 0.15) is 0 Å². The molecule has 148 valence electrons. The summed E-state index contributed by atoms with van der Waals surface area (Å²) in [6.45, 7) is 3.43. The highest BCUT2D eigenvalue weighted by molar-refractivity contribution is 7.15. The number of nitro groups is 1. The Balaban J connectivity index is 1.53. The van der Waals surface area contributed by atoms with Crippen LogP contribution in [0.2, 0.25) is 0 Å². The van der Waals surface area contributed by atoms with Gasteiger partial charge in [-0.1, -0.05) is 11.3 Å². The fourth-order valence-electron chi connectivity index (χ4n) is 2.76. The van der Waals surface area contributed by atoms with E-state index in [9.17, 15) is 19.7 Å². The highest BCUT2D eigenvalue weighted by Gasteiger charge is 2.23. The molecule has 1 aromatic heterocycles. The van der Waals surface area contributed by atoms with Crippen molar-refractivity contribution in [3.8, 4) is 0 Å². The fourth-order valence-corrected chi connectivity index (χ4v) is 3.80. The van der Waals surface area contributed by atoms with Crippen LogP contribution in [-0.4, -0.2) is 46.5 Å². The second-order valence-corrected chi connectivity index (χ2v) is 7.13. The van der Waals surface area contributed by atoms with Crippen LogP contribution in [0.1, 0.15) is 17.5 Å². The minimum Gasteiger partial charge on any atom is -0.450 e. The number of nitrogens with zero attached hydrogens (tertiary/aromatic N) is 3. The van der Waals surface area contributed by atoms with Gasteiger partial charge in [-0.15, -0.1) is 0 Å². The first-order valence-electron chi connectivity index (χ1n) is 8.63. The maximum Gasteiger partial charge on any atom is 0.413 e. The highest BCUT2D eigenvalue weighted by Crippen LogP contribution is 2.28. The quantitative estimate of drug-likeness (QED) is 0.559. The first kappa shape index (κ1) is 19.7. The molecule has 1 aliphatic rings. The van der Waals surface area contributed by atoms with Gasteiger partial charge in [0, 0.05) is 42.2 Å². The van der Waals surface area contributed by atoms with Crippen molar-refractivity contribution >= 4 is 39.8 Å². The van der Waals surface area contributed by atoms with Crippen LogP contribution >= 0.6 is 11.3 Å². The number of carbonyl (C=O) groups excluding carboxylic acids is 2. The van der Waals surface area contributed by atoms with Crippen molar-refractivity contribution in [1.29, 1.82) is 0 Å². The van der Waals surface area contributed by atoms with Gasteiger partial charge in [0.05, 0.1) is 23.8 Å². The Morgan fingerprint density at radius 1 is 1.32 bits per heavy atom. The molecule has 2 aromatic rings. The zero-order valence-electron chi connectivity index (χ0n) is 15.1. The summed E-state index contributed by atoms with van der Waals surface area (Å²) in [6.07, 6.45) is 0.147. The number of fused-ring (bicyclic) bond motifs is 1. The Labute approximate surface area is 164 Å². The Morgan fingerprint density at radius 3 is 2.75 bits per heavy atom. The van der Waals surface area contributed by atoms with Crippen LogP contribution in [0.25, 0.3) is 0 Å². The lowest BCUT2D eigenvalue weighted by Gasteiger charge is -2.25. The van der Waals surface area contributed by atoms with E-state index >= 15 is 0 Å². The van der Waals surface area contributed by atoms with Gasteiger partial charge in [-0.25, -0.2) is 9.78 Å². The van der Waals surface area contributed by atoms with Gasteiger partial charge in [-0.3, -0.25) is 25.1 Å². The van der Waals surface area contributed by atoms with Gasteiger partial charge in [-0.2, -0.15) is 0 Å². The third-order valence-corrected chi connectivity index (χ3v) is 5.02. The number of aromatic nitrogens is 1. The monoisotopic (exact) mass is 405 g/mol. The average Bonchev–Trinajstić information content (AvgIpc) is 3.03. The van der Waals surface area contributed by atoms with Crippen molar-refractivity contribution in [2.45, 2.75) is 19.9 Å². The molecule has 0 saturated carbocycles. The second-order valence-electron chi connectivity index (χ2n) is 6.05. The summed E-state index contributed by atoms with van der Waals surface area (Å²) in [4.78, 5) is 41.3. The third kappa shape index (κ3) is 5.02. The van der Waals surface area contributed by atoms with Crippen molar-refractivity contribution in [2.24, 2.45) is 0 Å². The molecule has 0 saturated heterocycles. The first-order chi connectivity index (χ1) is 13.4. The number of thiazole rings is 1. The van der Waals surface area contributed by atoms with Gasteiger partial charge in [0.25, 0.3) is 5.69 Å². The van der Waals surface area contributed by atoms with E-state index < -0.39 is 11.0 Å². The van der Waals surface area contributed by atoms with Crippen LogP contribution in [0.15, 0.2) is 24.3 Å². The van der Waals surface area contributed by atoms with Crippen LogP contribution in [0.3, 0.4) is 0 Å². The molecule has 0 radical (unpaired) electrons. The lowest BCUT2D eigenvalue weighted by atomic mass is 10.2. The molecule has 0 fully saturated rings. The second kappa shape index (κ2) is 8.76. The SMILES string of the molecule is CCOC(=O)Nc1nc2c(s1)CN(CC(=O)Nc1ccc([N+](=O)[O-])cc1)CC2. The summed E-state index contributed by atoms with van der Waals surface area (Å²) in [6, 6.07) is 5.69. The molecule has 1 aromatic carbocycles. The predicted octanol–water partition coefficient (Wildman–Crippen LogP) is 2.62. The van der Waals surface area contributed by atoms with Gasteiger partial charge in [0.2, 0.25) is 5.91 Å². The number of carbonyl (C=O) groups is 2. The molecule has 0 unspecified atom stereocenters. The Kier molecular flexibility index (Phi) is 6.16. The largest absolute Gasteiger partial charge is 0.450 e. The Hall–Kier alpha value is -3.05. The molecule has 2 amide bonds. The molecule has 2 heterocycles. The molecule has 2 N–H and O–H groups in total. The van der Waals surface area contributed by atoms with Crippen molar-refractivity contribution in [3.05, 3.63) is 45.0 Å². The van der Waals surface area contributed by atoms with E-state index in [-0.39, 0.29) is 24.7 Å². The molecule has 10 nitrogen and oxygen atoms in total. The van der Waals surface area contributed by atoms with Crippen molar-refractivity contribution < 1.29 is 19.2 Å². The number of nitro benzene ring substituents is 1. The number of amides is 2. The van der Waals surface area contributed by atoms with E-state index in [1.54, 1.807) is 6.92 Å². The van der Waals surface area contributed by atoms with E-state index in [2.05, 4.69) is 15.6 Å². The molecule has 3 rings (SSSR count). The number of hydrogen-bond acceptors (Lipinski definition) is 8. The van der Waals surface area contributed by atoms with Crippen molar-refractivity contribution in [2.75, 3.05) is 30.3 Å². The standard InChI is InChI=1S/C17H19N5O5S/c1-2-27-17(24)20-16-19-13-7-8-21(9-14(13)28-16)10-15(23)18-11-3-5-12(6-4-11)22(25)26/h3-6H,2,7-10H2,1H3,(H,18,23)(H,19,20,24). The molecule has 1 aliphatic heterocycles. The van der Waals surface area contributed by atoms with Gasteiger partial charge >= 0.3 is 6.09 Å². The lowest BCUT2D eigenvalue weighted by molar-refractivity contribution is -0.384. The zero-order chi connectivity index (χ0) is 20.1. The predicted molar refractivity (Wildman–Crippen MR) is 103 cm³/mol. The molecule has 11 heteroatoms. The Morgan fingerprint density at radius 2 is 2.07 bits per heavy atom. The summed E-state index contributed by atoms with van der Waals surface area (Å²) in [5, 5.41) is 16.5. The molecule has 0 aliphatic carbocycles. The summed E-state index contributed by atoms with van der Waals surface area (Å²) in [5.74, 6) is -0.202. The maximum absolute atomic E-state index is 12.3. The molecule has 0 bridgehead atoms. The fraction of sp³-hybridized carbons (Fsp3) is 0.353. The minimum atomic E-state index is -0.534. The number of non-ortho nitro benzene ring substituents is 1. The smallest absolute Gasteiger partial charge is 0.413 e. The zero-order valence-corrected chi connectivity index (χ0v) is 16.0. The molecular weight excluding hydrogens is 386 g/mol. The number of benzene rings is 1. The van der Waals surface area contributed by atoms with E-state index in [0.29, 0.717) is 30.3 Å². The topological polar surface area (TPSA) is 127 Å². The van der Waals surface area contributed by atoms with Crippen LogP contribution in [0, 0.1) is 10.1 Å². The van der Waals surface area contributed by atoms with Gasteiger partial charge < -0.3 is 10.1 Å². The van der Waals surface area contributed by atoms with Crippen LogP contribution in [-0.2, 0) is 22.5 Å². The highest BCUT2D eigenvalue weighted by atomic mass is 32.1. The van der Waals surface area contributed by atoms with Crippen molar-refractivity contribution in [3.63, 3.8) is 0 Å². The molecule has 0 spiro atoms. The summed E-state index contributed by atoms with van der Waals surface area (Å²) in [5.41, 5.74) is 1.40. The number of nitrogens with one attached hydrogen (secondary N) is 2. The van der Waals surface area contributed by atoms with E-state index in [0.717, 1.165) is 10.6 Å². The van der Waals surface area contributed by atoms with Crippen LogP contribution in [0.4, 0.5) is 21.3 Å². The maximum atomic E-state index is 12.3. The Bertz CT molecular complexity index is 883. The normalized spacial score (nSPS) is 13.5. The summed E-state index contributed by atoms with van der Waals surface area (Å²) in [7, 11) is 0. The van der Waals surface area contributed by atoms with Gasteiger partial charge in [0.15, 0.2) is 5.13 Å². The minimum absolute atomic E-state index is 0.0287. The number of ether oxygens (including phenoxy) is 1. The van der Waals surface area contributed by atoms with E-state index in [4.69, 9.17) is 4.74 Å². The van der Waals surface area contributed by atoms with Gasteiger partial charge in [-0.05, 0) is 19.1 Å². The number of rotatable bonds is 6. The average molecular weight is 405 g/mol. The number of hydrogen-bond donors (Lipinski definition) is 2. The number of anilines is 2.